The number of fused-ring (bicyclic) bond motifs is 8. The molecule has 0 aromatic heterocycles. The summed E-state index contributed by atoms with van der Waals surface area (Å²) in [4.78, 5) is 254. The van der Waals surface area contributed by atoms with Crippen molar-refractivity contribution in [2.75, 3.05) is 56.7 Å². The zero-order chi connectivity index (χ0) is 87.7. The van der Waals surface area contributed by atoms with Crippen molar-refractivity contribution in [1.29, 1.82) is 0 Å². The molecule has 5 aliphatic heterocycles. The number of nitrogens with zero attached hydrogens (tertiary/aromatic N) is 4. The average molecular weight is 1730 g/mol. The number of carboxylic acid groups (broad SMARTS) is 1. The largest absolute Gasteiger partial charge is 0.481 e. The molecular formula is C73H122N20O20S4. The van der Waals surface area contributed by atoms with Gasteiger partial charge >= 0.3 is 5.97 Å². The number of nitrogens with one attached hydrogen (secondary N) is 12. The number of hydrogen-bond donors (Lipinski definition) is 19. The van der Waals surface area contributed by atoms with Crippen LogP contribution in [0.15, 0.2) is 4.99 Å². The number of aliphatic hydroxyl groups is 2. The second kappa shape index (κ2) is 46.2. The van der Waals surface area contributed by atoms with Crippen LogP contribution >= 0.6 is 43.2 Å². The molecule has 5 fully saturated rings. The van der Waals surface area contributed by atoms with Gasteiger partial charge in [0.2, 0.25) is 94.5 Å². The van der Waals surface area contributed by atoms with Crippen molar-refractivity contribution in [3.05, 3.63) is 0 Å². The van der Waals surface area contributed by atoms with Crippen LogP contribution in [-0.2, 0) is 81.5 Å². The third-order valence-electron chi connectivity index (χ3n) is 21.2. The van der Waals surface area contributed by atoms with Gasteiger partial charge in [-0.2, -0.15) is 0 Å². The van der Waals surface area contributed by atoms with E-state index in [0.29, 0.717) is 12.8 Å². The standard InChI is InChI=1S/C73H122N20O20S4/c1-13-35(4)51-65(108)86-46-34-116-117-73(11,12)54(67(110)89-53(37(6)15-3)70(113)92-26-18-21-47(92)63(106)81-41(28-50(96)97)59(102)85-45(55(75)98)33-115-114-32-39(74)57(100)79-38(7)56(99)87-51)90-66(109)52(36(5)14-2)88-64(107)48-22-17-25-91(48)69(112)49-23-19-27-93(49)68(111)42(29-72(8,9)10)82-61(104)44(31-95)83-58(101)40(20-16-24-78-71(76)77)80-60(103)43(30-94)84-62(46)105/h35-49,51-54,94-95H,13-34,74H2,1-12H3,(H2,75,98)(H,79,100)(H,80,103)(H,81,106)(H,82,104)(H,83,101)(H,84,105)(H,85,102)(H,86,108)(H,87,99)(H,88,107)(H,89,110)(H,90,109)(H,96,97)(H4,76,77,78)/t35-,36-,37-,38-,39-,40-,41-,42-,43-,44-,45-,46-,47-,48-,49-,51-,52-,53-,54+/m0/s1. The fourth-order valence-electron chi connectivity index (χ4n) is 13.7. The molecule has 0 radical (unpaired) electrons. The van der Waals surface area contributed by atoms with Crippen LogP contribution in [0.3, 0.4) is 0 Å². The molecule has 16 amide bonds. The lowest BCUT2D eigenvalue weighted by molar-refractivity contribution is -0.148. The number of guanidine groups is 1. The maximum atomic E-state index is 15.8. The van der Waals surface area contributed by atoms with Crippen molar-refractivity contribution in [3.63, 3.8) is 0 Å². The number of aliphatic carboxylic acids is 1. The van der Waals surface area contributed by atoms with Gasteiger partial charge in [0, 0.05) is 48.2 Å². The van der Waals surface area contributed by atoms with Crippen LogP contribution < -0.4 is 86.7 Å². The Morgan fingerprint density at radius 3 is 1.49 bits per heavy atom. The molecule has 117 heavy (non-hydrogen) atoms. The van der Waals surface area contributed by atoms with Gasteiger partial charge in [0.1, 0.15) is 90.6 Å². The van der Waals surface area contributed by atoms with Crippen molar-refractivity contribution in [2.24, 2.45) is 51.1 Å². The first kappa shape index (κ1) is 99.1. The van der Waals surface area contributed by atoms with E-state index in [1.54, 1.807) is 62.3 Å². The molecule has 44 heteroatoms. The van der Waals surface area contributed by atoms with Crippen molar-refractivity contribution >= 4 is 150 Å². The van der Waals surface area contributed by atoms with Crippen molar-refractivity contribution in [3.8, 4) is 0 Å². The van der Waals surface area contributed by atoms with Crippen LogP contribution in [0.5, 0.6) is 0 Å². The molecule has 0 aliphatic carbocycles. The molecule has 40 nitrogen and oxygen atoms in total. The molecule has 0 spiro atoms. The fraction of sp³-hybridized carbons (Fsp3) is 0.753. The summed E-state index contributed by atoms with van der Waals surface area (Å²) in [5.74, 6) is -20.4. The van der Waals surface area contributed by atoms with Crippen molar-refractivity contribution < 1.29 is 96.8 Å². The number of aliphatic imine (C=N–C) groups is 1. The third kappa shape index (κ3) is 28.9. The number of aliphatic hydroxyl groups excluding tert-OH is 2. The Hall–Kier alpha value is -8.46. The van der Waals surface area contributed by atoms with Crippen LogP contribution in [0, 0.1) is 23.2 Å². The summed E-state index contributed by atoms with van der Waals surface area (Å²) in [7, 11) is 3.55. The summed E-state index contributed by atoms with van der Waals surface area (Å²) >= 11 is 0. The van der Waals surface area contributed by atoms with Gasteiger partial charge < -0.3 is 117 Å². The van der Waals surface area contributed by atoms with Gasteiger partial charge in [-0.15, -0.1) is 0 Å². The predicted molar refractivity (Wildman–Crippen MR) is 438 cm³/mol. The SMILES string of the molecule is CC[C@H](C)[C@@H]1NC(=O)[C@H](C)NC(=O)[C@@H](N)CSSC[C@@H](C(N)=O)NC(=O)[C@H](CC(=O)O)NC(=O)[C@@H]2CCCN2C(=O)[C@H]([C@@H](C)CC)NC(=O)[C@H]2NC(=O)[C@H]([C@@H](C)CC)NC(=O)[C@@H]3CCCN3C(=O)[C@@H]3CCCN3C(=O)[C@H](CC(C)(C)C)NC(=O)[C@H](CO)NC(=O)[C@H](CCCN=C(N)N)NC(=O)[C@H](CO)NC(=O)[C@H](CSSC2(C)C)NC1=O. The first-order valence-corrected chi connectivity index (χ1v) is 44.4. The lowest BCUT2D eigenvalue weighted by Gasteiger charge is -2.37. The first-order chi connectivity index (χ1) is 54.9. The molecule has 0 unspecified atom stereocenters. The quantitative estimate of drug-likeness (QED) is 0.0299. The van der Waals surface area contributed by atoms with Crippen LogP contribution in [0.2, 0.25) is 0 Å². The van der Waals surface area contributed by atoms with Crippen LogP contribution in [0.1, 0.15) is 167 Å². The van der Waals surface area contributed by atoms with E-state index in [0.717, 1.165) is 48.1 Å². The minimum absolute atomic E-state index is 0.0172. The number of carbonyl (C=O) groups is 17. The van der Waals surface area contributed by atoms with E-state index in [1.807, 2.05) is 0 Å². The molecule has 5 saturated heterocycles. The van der Waals surface area contributed by atoms with E-state index in [1.165, 1.54) is 30.6 Å². The van der Waals surface area contributed by atoms with E-state index in [-0.39, 0.29) is 108 Å². The highest BCUT2D eigenvalue weighted by Gasteiger charge is 2.49. The molecule has 5 heterocycles. The zero-order valence-electron chi connectivity index (χ0n) is 68.5. The third-order valence-corrected chi connectivity index (χ3v) is 27.0. The monoisotopic (exact) mass is 1730 g/mol. The fourth-order valence-corrected chi connectivity index (χ4v) is 18.8. The molecule has 19 atom stereocenters. The Labute approximate surface area is 697 Å². The first-order valence-electron chi connectivity index (χ1n) is 39.6. The lowest BCUT2D eigenvalue weighted by atomic mass is 9.87. The number of primary amides is 1. The van der Waals surface area contributed by atoms with Gasteiger partial charge in [0.25, 0.3) is 0 Å². The average Bonchev–Trinajstić information content (AvgIpc) is 1.74. The Kier molecular flexibility index (Phi) is 39.1. The maximum absolute atomic E-state index is 15.8. The lowest BCUT2D eigenvalue weighted by Crippen LogP contribution is -2.64. The summed E-state index contributed by atoms with van der Waals surface area (Å²) in [6.07, 6.45) is 0.341. The Balaban J connectivity index is 1.75. The molecular weight excluding hydrogens is 1610 g/mol. The minimum Gasteiger partial charge on any atom is -0.481 e. The van der Waals surface area contributed by atoms with E-state index < -0.39 is 250 Å². The summed E-state index contributed by atoms with van der Waals surface area (Å²) in [5.41, 5.74) is 22.4. The molecule has 0 aromatic rings. The van der Waals surface area contributed by atoms with E-state index in [2.05, 4.69) is 68.8 Å². The smallest absolute Gasteiger partial charge is 0.305 e. The summed E-state index contributed by atoms with van der Waals surface area (Å²) in [6, 6.07) is -24.7. The normalized spacial score (nSPS) is 30.1. The topological polar surface area (TPSA) is 621 Å². The molecule has 5 rings (SSSR count). The number of hydrogen-bond acceptors (Lipinski definition) is 25. The number of carbonyl (C=O) groups excluding carboxylic acids is 16. The second-order valence-corrected chi connectivity index (χ2v) is 37.6. The Bertz CT molecular complexity index is 3610. The molecule has 0 saturated carbocycles. The van der Waals surface area contributed by atoms with Crippen molar-refractivity contribution in [1.82, 2.24) is 78.5 Å². The number of nitrogens with two attached hydrogens (primary N) is 4. The van der Waals surface area contributed by atoms with Gasteiger partial charge in [-0.05, 0) is 102 Å². The van der Waals surface area contributed by atoms with Gasteiger partial charge in [-0.25, -0.2) is 0 Å². The van der Waals surface area contributed by atoms with Crippen LogP contribution in [0.4, 0.5) is 0 Å². The van der Waals surface area contributed by atoms with Crippen LogP contribution in [0.25, 0.3) is 0 Å². The van der Waals surface area contributed by atoms with Gasteiger partial charge in [0.15, 0.2) is 5.96 Å². The maximum Gasteiger partial charge on any atom is 0.305 e. The summed E-state index contributed by atoms with van der Waals surface area (Å²) in [6.45, 7) is 17.3. The molecule has 23 N–H and O–H groups in total. The number of carboxylic acids is 1. The van der Waals surface area contributed by atoms with Gasteiger partial charge in [0.05, 0.1) is 25.7 Å². The Morgan fingerprint density at radius 1 is 0.504 bits per heavy atom. The summed E-state index contributed by atoms with van der Waals surface area (Å²) in [5, 5.41) is 62.8. The van der Waals surface area contributed by atoms with Gasteiger partial charge in [-0.1, -0.05) is 125 Å². The molecule has 5 aliphatic rings. The van der Waals surface area contributed by atoms with Crippen molar-refractivity contribution in [2.45, 2.75) is 268 Å². The number of amides is 16. The highest BCUT2D eigenvalue weighted by atomic mass is 33.1. The minimum atomic E-state index is -1.97. The highest BCUT2D eigenvalue weighted by Crippen LogP contribution is 2.40. The second-order valence-electron chi connectivity index (χ2n) is 32.0. The predicted octanol–water partition coefficient (Wildman–Crippen LogP) is -4.73. The Morgan fingerprint density at radius 2 is 0.957 bits per heavy atom. The van der Waals surface area contributed by atoms with E-state index in [9.17, 15) is 63.3 Å². The van der Waals surface area contributed by atoms with Gasteiger partial charge in [-0.3, -0.25) is 86.5 Å². The van der Waals surface area contributed by atoms with Crippen LogP contribution in [-0.4, -0.2) is 295 Å². The molecule has 2 bridgehead atoms. The highest BCUT2D eigenvalue weighted by molar-refractivity contribution is 8.77. The molecule has 658 valence electrons. The van der Waals surface area contributed by atoms with E-state index in [4.69, 9.17) is 22.9 Å². The number of rotatable bonds is 16. The summed E-state index contributed by atoms with van der Waals surface area (Å²) < 4.78 is -1.65. The molecule has 0 aromatic carbocycles. The zero-order valence-corrected chi connectivity index (χ0v) is 71.8. The van der Waals surface area contributed by atoms with E-state index >= 15 is 33.6 Å².